The second-order valence-corrected chi connectivity index (χ2v) is 4.70. The summed E-state index contributed by atoms with van der Waals surface area (Å²) in [5.74, 6) is 1.74. The summed E-state index contributed by atoms with van der Waals surface area (Å²) in [5, 5.41) is 3.15. The number of aromatic nitrogens is 2. The van der Waals surface area contributed by atoms with Gasteiger partial charge < -0.3 is 10.3 Å². The number of rotatable bonds is 6. The number of hydrogen-bond donors (Lipinski definition) is 2. The lowest BCUT2D eigenvalue weighted by Gasteiger charge is -2.14. The SMILES string of the molecule is CCC(CCCl)CNc1nc[nH]c(=O)c1Br. The molecule has 0 aromatic carbocycles. The highest BCUT2D eigenvalue weighted by Crippen LogP contribution is 2.15. The number of aromatic amines is 1. The summed E-state index contributed by atoms with van der Waals surface area (Å²) in [6, 6.07) is 0. The van der Waals surface area contributed by atoms with Gasteiger partial charge in [0.05, 0.1) is 6.33 Å². The number of H-pyrrole nitrogens is 1. The second-order valence-electron chi connectivity index (χ2n) is 3.53. The van der Waals surface area contributed by atoms with Gasteiger partial charge in [0.15, 0.2) is 0 Å². The average molecular weight is 309 g/mol. The van der Waals surface area contributed by atoms with Crippen LogP contribution in [0.2, 0.25) is 0 Å². The van der Waals surface area contributed by atoms with E-state index >= 15 is 0 Å². The third-order valence-electron chi connectivity index (χ3n) is 2.45. The predicted octanol–water partition coefficient (Wildman–Crippen LogP) is 2.60. The number of halogens is 2. The molecular formula is C10H15BrClN3O. The first kappa shape index (κ1) is 13.5. The first-order chi connectivity index (χ1) is 7.69. The molecule has 1 atom stereocenters. The van der Waals surface area contributed by atoms with Gasteiger partial charge in [0.1, 0.15) is 10.3 Å². The molecule has 0 aliphatic rings. The summed E-state index contributed by atoms with van der Waals surface area (Å²) in [4.78, 5) is 17.8. The molecule has 4 nitrogen and oxygen atoms in total. The van der Waals surface area contributed by atoms with Crippen LogP contribution in [0.5, 0.6) is 0 Å². The Bertz CT molecular complexity index is 383. The fraction of sp³-hybridized carbons (Fsp3) is 0.600. The molecule has 0 bridgehead atoms. The van der Waals surface area contributed by atoms with Crippen molar-refractivity contribution < 1.29 is 0 Å². The van der Waals surface area contributed by atoms with Crippen molar-refractivity contribution in [2.24, 2.45) is 5.92 Å². The van der Waals surface area contributed by atoms with Crippen LogP contribution in [0.3, 0.4) is 0 Å². The third kappa shape index (κ3) is 3.79. The first-order valence-electron chi connectivity index (χ1n) is 5.22. The van der Waals surface area contributed by atoms with Gasteiger partial charge in [0, 0.05) is 12.4 Å². The molecule has 0 aliphatic heterocycles. The molecular weight excluding hydrogens is 293 g/mol. The zero-order chi connectivity index (χ0) is 12.0. The maximum absolute atomic E-state index is 11.3. The lowest BCUT2D eigenvalue weighted by atomic mass is 10.0. The van der Waals surface area contributed by atoms with Gasteiger partial charge in [-0.05, 0) is 28.3 Å². The summed E-state index contributed by atoms with van der Waals surface area (Å²) in [5.41, 5.74) is -0.178. The summed E-state index contributed by atoms with van der Waals surface area (Å²) in [7, 11) is 0. The Balaban J connectivity index is 2.60. The topological polar surface area (TPSA) is 57.8 Å². The fourth-order valence-corrected chi connectivity index (χ4v) is 2.02. The number of alkyl halides is 1. The standard InChI is InChI=1S/C10H15BrClN3O/c1-2-7(3-4-12)5-13-9-8(11)10(16)15-6-14-9/h6-7H,2-5H2,1H3,(H2,13,14,15,16). The van der Waals surface area contributed by atoms with Gasteiger partial charge in [-0.2, -0.15) is 0 Å². The quantitative estimate of drug-likeness (QED) is 0.794. The van der Waals surface area contributed by atoms with E-state index in [1.165, 1.54) is 6.33 Å². The van der Waals surface area contributed by atoms with Gasteiger partial charge in [-0.1, -0.05) is 13.3 Å². The van der Waals surface area contributed by atoms with Crippen molar-refractivity contribution in [2.75, 3.05) is 17.7 Å². The zero-order valence-corrected chi connectivity index (χ0v) is 11.4. The van der Waals surface area contributed by atoms with Crippen molar-refractivity contribution in [1.82, 2.24) is 9.97 Å². The molecule has 6 heteroatoms. The molecule has 0 radical (unpaired) electrons. The van der Waals surface area contributed by atoms with Crippen LogP contribution in [0.25, 0.3) is 0 Å². The van der Waals surface area contributed by atoms with Crippen LogP contribution in [-0.4, -0.2) is 22.4 Å². The van der Waals surface area contributed by atoms with Crippen LogP contribution < -0.4 is 10.9 Å². The number of nitrogens with zero attached hydrogens (tertiary/aromatic N) is 1. The molecule has 0 saturated carbocycles. The molecule has 1 aromatic heterocycles. The van der Waals surface area contributed by atoms with E-state index in [9.17, 15) is 4.79 Å². The Labute approximate surface area is 108 Å². The van der Waals surface area contributed by atoms with E-state index in [1.54, 1.807) is 0 Å². The summed E-state index contributed by atoms with van der Waals surface area (Å²) < 4.78 is 0.440. The lowest BCUT2D eigenvalue weighted by Crippen LogP contribution is -2.18. The van der Waals surface area contributed by atoms with Gasteiger partial charge in [-0.3, -0.25) is 4.79 Å². The van der Waals surface area contributed by atoms with Crippen LogP contribution in [0, 0.1) is 5.92 Å². The summed E-state index contributed by atoms with van der Waals surface area (Å²) >= 11 is 8.90. The van der Waals surface area contributed by atoms with E-state index in [2.05, 4.69) is 38.1 Å². The van der Waals surface area contributed by atoms with E-state index in [4.69, 9.17) is 11.6 Å². The van der Waals surface area contributed by atoms with Gasteiger partial charge in [0.2, 0.25) is 0 Å². The number of hydrogen-bond acceptors (Lipinski definition) is 3. The van der Waals surface area contributed by atoms with E-state index in [1.807, 2.05) is 0 Å². The molecule has 1 unspecified atom stereocenters. The molecule has 0 amide bonds. The second kappa shape index (κ2) is 6.91. The van der Waals surface area contributed by atoms with Crippen LogP contribution in [0.1, 0.15) is 19.8 Å². The average Bonchev–Trinajstić information content (AvgIpc) is 2.29. The van der Waals surface area contributed by atoms with Crippen molar-refractivity contribution in [3.63, 3.8) is 0 Å². The van der Waals surface area contributed by atoms with Crippen LogP contribution in [0.4, 0.5) is 5.82 Å². The Morgan fingerprint density at radius 2 is 2.44 bits per heavy atom. The van der Waals surface area contributed by atoms with E-state index < -0.39 is 0 Å². The third-order valence-corrected chi connectivity index (χ3v) is 3.40. The molecule has 0 aliphatic carbocycles. The smallest absolute Gasteiger partial charge is 0.267 e. The Morgan fingerprint density at radius 1 is 1.69 bits per heavy atom. The van der Waals surface area contributed by atoms with Crippen molar-refractivity contribution >= 4 is 33.3 Å². The summed E-state index contributed by atoms with van der Waals surface area (Å²) in [6.07, 6.45) is 3.41. The van der Waals surface area contributed by atoms with Crippen molar-refractivity contribution in [3.8, 4) is 0 Å². The van der Waals surface area contributed by atoms with Crippen LogP contribution >= 0.6 is 27.5 Å². The first-order valence-corrected chi connectivity index (χ1v) is 6.54. The Kier molecular flexibility index (Phi) is 5.84. The molecule has 0 fully saturated rings. The maximum Gasteiger partial charge on any atom is 0.267 e. The Morgan fingerprint density at radius 3 is 3.06 bits per heavy atom. The van der Waals surface area contributed by atoms with Crippen molar-refractivity contribution in [2.45, 2.75) is 19.8 Å². The summed E-state index contributed by atoms with van der Waals surface area (Å²) in [6.45, 7) is 2.90. The van der Waals surface area contributed by atoms with Crippen molar-refractivity contribution in [1.29, 1.82) is 0 Å². The molecule has 16 heavy (non-hydrogen) atoms. The van der Waals surface area contributed by atoms with E-state index in [-0.39, 0.29) is 5.56 Å². The minimum Gasteiger partial charge on any atom is -0.369 e. The normalized spacial score (nSPS) is 12.4. The van der Waals surface area contributed by atoms with Gasteiger partial charge in [-0.15, -0.1) is 11.6 Å². The van der Waals surface area contributed by atoms with E-state index in [0.29, 0.717) is 22.1 Å². The highest BCUT2D eigenvalue weighted by molar-refractivity contribution is 9.10. The van der Waals surface area contributed by atoms with Gasteiger partial charge >= 0.3 is 0 Å². The van der Waals surface area contributed by atoms with Crippen LogP contribution in [-0.2, 0) is 0 Å². The Hall–Kier alpha value is -0.550. The predicted molar refractivity (Wildman–Crippen MR) is 70.2 cm³/mol. The minimum absolute atomic E-state index is 0.178. The molecule has 90 valence electrons. The molecule has 0 spiro atoms. The van der Waals surface area contributed by atoms with Gasteiger partial charge in [-0.25, -0.2) is 4.98 Å². The number of anilines is 1. The maximum atomic E-state index is 11.3. The van der Waals surface area contributed by atoms with E-state index in [0.717, 1.165) is 19.4 Å². The molecule has 0 saturated heterocycles. The molecule has 1 heterocycles. The molecule has 1 rings (SSSR count). The highest BCUT2D eigenvalue weighted by atomic mass is 79.9. The zero-order valence-electron chi connectivity index (χ0n) is 9.09. The van der Waals surface area contributed by atoms with Gasteiger partial charge in [0.25, 0.3) is 5.56 Å². The monoisotopic (exact) mass is 307 g/mol. The minimum atomic E-state index is -0.178. The van der Waals surface area contributed by atoms with Crippen molar-refractivity contribution in [3.05, 3.63) is 21.2 Å². The molecule has 2 N–H and O–H groups in total. The fourth-order valence-electron chi connectivity index (χ4n) is 1.35. The highest BCUT2D eigenvalue weighted by Gasteiger charge is 2.08. The van der Waals surface area contributed by atoms with Crippen LogP contribution in [0.15, 0.2) is 15.6 Å². The molecule has 1 aromatic rings. The number of nitrogens with one attached hydrogen (secondary N) is 2. The lowest BCUT2D eigenvalue weighted by molar-refractivity contribution is 0.521. The largest absolute Gasteiger partial charge is 0.369 e.